The van der Waals surface area contributed by atoms with E-state index in [1.807, 2.05) is 0 Å². The smallest absolute Gasteiger partial charge is 0.0162 e. The van der Waals surface area contributed by atoms with Crippen molar-refractivity contribution in [2.24, 2.45) is 0 Å². The molecule has 0 aliphatic rings. The summed E-state index contributed by atoms with van der Waals surface area (Å²) in [4.78, 5) is 0. The van der Waals surface area contributed by atoms with E-state index in [2.05, 4.69) is 45.0 Å². The van der Waals surface area contributed by atoms with Crippen molar-refractivity contribution in [3.8, 4) is 0 Å². The van der Waals surface area contributed by atoms with E-state index in [1.165, 1.54) is 36.8 Å². The molecule has 0 aromatic heterocycles. The van der Waals surface area contributed by atoms with Crippen LogP contribution in [0.3, 0.4) is 0 Å². The fourth-order valence-electron chi connectivity index (χ4n) is 2.20. The Morgan fingerprint density at radius 1 is 0.867 bits per heavy atom. The van der Waals surface area contributed by atoms with Crippen molar-refractivity contribution < 1.29 is 0 Å². The zero-order chi connectivity index (χ0) is 11.1. The van der Waals surface area contributed by atoms with Crippen LogP contribution in [-0.2, 0) is 6.42 Å². The predicted octanol–water partition coefficient (Wildman–Crippen LogP) is 4.93. The van der Waals surface area contributed by atoms with E-state index < -0.39 is 0 Å². The summed E-state index contributed by atoms with van der Waals surface area (Å²) < 4.78 is 0. The van der Waals surface area contributed by atoms with E-state index in [0.717, 1.165) is 12.3 Å². The van der Waals surface area contributed by atoms with Gasteiger partial charge in [0.05, 0.1) is 0 Å². The first-order chi connectivity index (χ1) is 7.31. The van der Waals surface area contributed by atoms with Gasteiger partial charge in [-0.15, -0.1) is 0 Å². The highest BCUT2D eigenvalue weighted by Gasteiger charge is 2.08. The first kappa shape index (κ1) is 12.3. The molecule has 0 nitrogen and oxygen atoms in total. The normalized spacial score (nSPS) is 10.9. The minimum Gasteiger partial charge on any atom is -0.0654 e. The van der Waals surface area contributed by atoms with Crippen molar-refractivity contribution in [2.45, 2.75) is 58.8 Å². The summed E-state index contributed by atoms with van der Waals surface area (Å²) in [5.74, 6) is 0.783. The zero-order valence-electron chi connectivity index (χ0n) is 10.4. The van der Waals surface area contributed by atoms with Crippen molar-refractivity contribution in [2.75, 3.05) is 0 Å². The second-order valence-electron chi connectivity index (χ2n) is 4.37. The number of rotatable bonds is 6. The average molecular weight is 204 g/mol. The molecule has 0 aliphatic carbocycles. The molecule has 0 heteroatoms. The van der Waals surface area contributed by atoms with Gasteiger partial charge >= 0.3 is 0 Å². The van der Waals surface area contributed by atoms with Gasteiger partial charge in [-0.05, 0) is 36.3 Å². The molecule has 0 aliphatic heterocycles. The third-order valence-electron chi connectivity index (χ3n) is 3.13. The summed E-state index contributed by atoms with van der Waals surface area (Å²) in [6.07, 6.45) is 6.39. The molecule has 0 unspecified atom stereocenters. The molecule has 0 saturated heterocycles. The standard InChI is InChI=1S/C15H24/c1-4-7-14(8-5-2)15-11-9-13(6-3)10-12-15/h9-12,14H,4-8H2,1-3H3. The van der Waals surface area contributed by atoms with Gasteiger partial charge in [-0.3, -0.25) is 0 Å². The molecule has 84 valence electrons. The number of benzene rings is 1. The number of hydrogen-bond acceptors (Lipinski definition) is 0. The van der Waals surface area contributed by atoms with Crippen LogP contribution in [0.2, 0.25) is 0 Å². The minimum absolute atomic E-state index is 0.783. The van der Waals surface area contributed by atoms with Gasteiger partial charge in [0.2, 0.25) is 0 Å². The third-order valence-corrected chi connectivity index (χ3v) is 3.13. The summed E-state index contributed by atoms with van der Waals surface area (Å²) in [5.41, 5.74) is 2.99. The Bertz CT molecular complexity index is 252. The quantitative estimate of drug-likeness (QED) is 0.616. The Hall–Kier alpha value is -0.780. The van der Waals surface area contributed by atoms with E-state index in [-0.39, 0.29) is 0 Å². The Labute approximate surface area is 94.7 Å². The molecule has 1 aromatic carbocycles. The fraction of sp³-hybridized carbons (Fsp3) is 0.600. The Balaban J connectivity index is 2.72. The minimum atomic E-state index is 0.783. The van der Waals surface area contributed by atoms with E-state index in [9.17, 15) is 0 Å². The fourth-order valence-corrected chi connectivity index (χ4v) is 2.20. The second-order valence-corrected chi connectivity index (χ2v) is 4.37. The molecule has 0 N–H and O–H groups in total. The topological polar surface area (TPSA) is 0 Å². The molecule has 1 aromatic rings. The Morgan fingerprint density at radius 2 is 1.40 bits per heavy atom. The van der Waals surface area contributed by atoms with Crippen LogP contribution in [0.4, 0.5) is 0 Å². The second kappa shape index (κ2) is 6.66. The maximum atomic E-state index is 2.33. The van der Waals surface area contributed by atoms with Crippen LogP contribution in [0, 0.1) is 0 Å². The van der Waals surface area contributed by atoms with Crippen LogP contribution < -0.4 is 0 Å². The highest BCUT2D eigenvalue weighted by Crippen LogP contribution is 2.26. The maximum Gasteiger partial charge on any atom is -0.0162 e. The van der Waals surface area contributed by atoms with Crippen molar-refractivity contribution in [3.63, 3.8) is 0 Å². The van der Waals surface area contributed by atoms with Gasteiger partial charge in [-0.2, -0.15) is 0 Å². The van der Waals surface area contributed by atoms with Crippen LogP contribution in [-0.4, -0.2) is 0 Å². The number of aryl methyl sites for hydroxylation is 1. The molecule has 0 bridgehead atoms. The van der Waals surface area contributed by atoms with Crippen molar-refractivity contribution in [3.05, 3.63) is 35.4 Å². The van der Waals surface area contributed by atoms with Crippen LogP contribution in [0.1, 0.15) is 63.5 Å². The van der Waals surface area contributed by atoms with Crippen LogP contribution in [0.15, 0.2) is 24.3 Å². The lowest BCUT2D eigenvalue weighted by atomic mass is 9.90. The predicted molar refractivity (Wildman–Crippen MR) is 68.4 cm³/mol. The average Bonchev–Trinajstić information content (AvgIpc) is 2.29. The maximum absolute atomic E-state index is 2.33. The largest absolute Gasteiger partial charge is 0.0654 e. The van der Waals surface area contributed by atoms with E-state index >= 15 is 0 Å². The molecule has 0 heterocycles. The molecule has 15 heavy (non-hydrogen) atoms. The van der Waals surface area contributed by atoms with Gasteiger partial charge in [0.15, 0.2) is 0 Å². The van der Waals surface area contributed by atoms with Gasteiger partial charge in [0, 0.05) is 0 Å². The van der Waals surface area contributed by atoms with Crippen LogP contribution in [0.5, 0.6) is 0 Å². The summed E-state index contributed by atoms with van der Waals surface area (Å²) in [6.45, 7) is 6.77. The molecular formula is C15H24. The molecule has 0 spiro atoms. The van der Waals surface area contributed by atoms with Gasteiger partial charge in [0.25, 0.3) is 0 Å². The van der Waals surface area contributed by atoms with Crippen molar-refractivity contribution in [1.29, 1.82) is 0 Å². The first-order valence-electron chi connectivity index (χ1n) is 6.40. The van der Waals surface area contributed by atoms with Gasteiger partial charge < -0.3 is 0 Å². The van der Waals surface area contributed by atoms with E-state index in [1.54, 1.807) is 0 Å². The summed E-state index contributed by atoms with van der Waals surface area (Å²) in [5, 5.41) is 0. The van der Waals surface area contributed by atoms with Gasteiger partial charge in [-0.1, -0.05) is 57.9 Å². The van der Waals surface area contributed by atoms with Crippen molar-refractivity contribution >= 4 is 0 Å². The molecule has 1 rings (SSSR count). The molecule has 0 amide bonds. The highest BCUT2D eigenvalue weighted by atomic mass is 14.1. The summed E-state index contributed by atoms with van der Waals surface area (Å²) >= 11 is 0. The zero-order valence-corrected chi connectivity index (χ0v) is 10.4. The lowest BCUT2D eigenvalue weighted by Gasteiger charge is -2.15. The van der Waals surface area contributed by atoms with E-state index in [0.29, 0.717) is 0 Å². The van der Waals surface area contributed by atoms with E-state index in [4.69, 9.17) is 0 Å². The molecule has 0 radical (unpaired) electrons. The first-order valence-corrected chi connectivity index (χ1v) is 6.40. The highest BCUT2D eigenvalue weighted by molar-refractivity contribution is 5.25. The Morgan fingerprint density at radius 3 is 1.80 bits per heavy atom. The monoisotopic (exact) mass is 204 g/mol. The Kier molecular flexibility index (Phi) is 5.45. The van der Waals surface area contributed by atoms with Crippen LogP contribution in [0.25, 0.3) is 0 Å². The lowest BCUT2D eigenvalue weighted by molar-refractivity contribution is 0.561. The number of hydrogen-bond donors (Lipinski definition) is 0. The summed E-state index contributed by atoms with van der Waals surface area (Å²) in [6, 6.07) is 9.23. The molecular weight excluding hydrogens is 180 g/mol. The molecule has 0 fully saturated rings. The summed E-state index contributed by atoms with van der Waals surface area (Å²) in [7, 11) is 0. The third kappa shape index (κ3) is 3.70. The van der Waals surface area contributed by atoms with Gasteiger partial charge in [0.1, 0.15) is 0 Å². The molecule has 0 saturated carbocycles. The molecule has 0 atom stereocenters. The van der Waals surface area contributed by atoms with Gasteiger partial charge in [-0.25, -0.2) is 0 Å². The SMILES string of the molecule is CCCC(CCC)c1ccc(CC)cc1. The van der Waals surface area contributed by atoms with Crippen LogP contribution >= 0.6 is 0 Å². The van der Waals surface area contributed by atoms with Crippen molar-refractivity contribution in [1.82, 2.24) is 0 Å². The lowest BCUT2D eigenvalue weighted by Crippen LogP contribution is -1.98.